The fourth-order valence-electron chi connectivity index (χ4n) is 2.50. The monoisotopic (exact) mass is 310 g/mol. The van der Waals surface area contributed by atoms with E-state index in [1.807, 2.05) is 6.07 Å². The third-order valence-corrected chi connectivity index (χ3v) is 5.49. The molecule has 1 aliphatic rings. The minimum absolute atomic E-state index is 0.388. The molecule has 0 aromatic heterocycles. The molecule has 1 fully saturated rings. The molecule has 110 valence electrons. The maximum Gasteiger partial charge on any atom is 0.129 e. The maximum atomic E-state index is 5.78. The smallest absolute Gasteiger partial charge is 0.129 e. The van der Waals surface area contributed by atoms with Gasteiger partial charge in [0.1, 0.15) is 10.7 Å². The van der Waals surface area contributed by atoms with Crippen LogP contribution in [0.1, 0.15) is 25.0 Å². The number of nitrogens with zero attached hydrogens (tertiary/aromatic N) is 1. The van der Waals surface area contributed by atoms with Crippen LogP contribution in [0.3, 0.4) is 0 Å². The summed E-state index contributed by atoms with van der Waals surface area (Å²) in [7, 11) is 1.64. The van der Waals surface area contributed by atoms with Crippen molar-refractivity contribution >= 4 is 29.0 Å². The quantitative estimate of drug-likeness (QED) is 0.866. The van der Waals surface area contributed by atoms with E-state index in [1.54, 1.807) is 7.11 Å². The molecule has 2 rings (SSSR count). The number of thiocarbonyl (C=S) groups is 1. The zero-order valence-corrected chi connectivity index (χ0v) is 13.9. The predicted octanol–water partition coefficient (Wildman–Crippen LogP) is 2.66. The summed E-state index contributed by atoms with van der Waals surface area (Å²) in [5.41, 5.74) is 7.84. The topological polar surface area (TPSA) is 38.5 Å². The summed E-state index contributed by atoms with van der Waals surface area (Å²) < 4.78 is 5.31. The molecular formula is C15H22N2OS2. The number of nitrogens with two attached hydrogens (primary N) is 1. The predicted molar refractivity (Wildman–Crippen MR) is 90.7 cm³/mol. The van der Waals surface area contributed by atoms with Gasteiger partial charge in [0.05, 0.1) is 12.7 Å². The molecular weight excluding hydrogens is 288 g/mol. The van der Waals surface area contributed by atoms with Crippen LogP contribution in [0, 0.1) is 0 Å². The number of benzene rings is 1. The Labute approximate surface area is 130 Å². The van der Waals surface area contributed by atoms with Crippen LogP contribution < -0.4 is 10.5 Å². The number of rotatable bonds is 4. The van der Waals surface area contributed by atoms with Gasteiger partial charge in [0, 0.05) is 30.1 Å². The second kappa shape index (κ2) is 6.78. The maximum absolute atomic E-state index is 5.78. The summed E-state index contributed by atoms with van der Waals surface area (Å²) in [6.45, 7) is 6.67. The van der Waals surface area contributed by atoms with Crippen molar-refractivity contribution in [1.82, 2.24) is 4.90 Å². The Kier molecular flexibility index (Phi) is 5.29. The summed E-state index contributed by atoms with van der Waals surface area (Å²) in [6, 6.07) is 6.69. The molecule has 0 radical (unpaired) electrons. The zero-order valence-electron chi connectivity index (χ0n) is 12.3. The summed E-state index contributed by atoms with van der Waals surface area (Å²) in [5, 5.41) is 0.678. The standard InChI is InChI=1S/C15H22N2OS2/c1-10-11(2)20-7-6-17(10)9-12-4-5-14(18-3)13(8-12)15(16)19/h4-5,8,10-11H,6-7,9H2,1-3H3,(H2,16,19). The Morgan fingerprint density at radius 3 is 2.90 bits per heavy atom. The fourth-order valence-corrected chi connectivity index (χ4v) is 3.82. The highest BCUT2D eigenvalue weighted by Gasteiger charge is 2.25. The Hall–Kier alpha value is -0.780. The lowest BCUT2D eigenvalue weighted by Crippen LogP contribution is -2.43. The summed E-state index contributed by atoms with van der Waals surface area (Å²) in [5.74, 6) is 1.95. The fraction of sp³-hybridized carbons (Fsp3) is 0.533. The first kappa shape index (κ1) is 15.6. The van der Waals surface area contributed by atoms with Crippen molar-refractivity contribution in [3.8, 4) is 5.75 Å². The van der Waals surface area contributed by atoms with E-state index in [-0.39, 0.29) is 0 Å². The van der Waals surface area contributed by atoms with E-state index in [2.05, 4.69) is 42.6 Å². The van der Waals surface area contributed by atoms with E-state index in [4.69, 9.17) is 22.7 Å². The Morgan fingerprint density at radius 1 is 1.50 bits per heavy atom. The van der Waals surface area contributed by atoms with Crippen LogP contribution >= 0.6 is 24.0 Å². The number of hydrogen-bond donors (Lipinski definition) is 1. The third kappa shape index (κ3) is 3.45. The van der Waals surface area contributed by atoms with Gasteiger partial charge in [-0.2, -0.15) is 11.8 Å². The van der Waals surface area contributed by atoms with Gasteiger partial charge < -0.3 is 10.5 Å². The average molecular weight is 310 g/mol. The minimum atomic E-state index is 0.388. The second-order valence-corrected chi connectivity index (χ2v) is 7.11. The first-order valence-corrected chi connectivity index (χ1v) is 8.31. The molecule has 2 N–H and O–H groups in total. The normalized spacial score (nSPS) is 23.6. The van der Waals surface area contributed by atoms with Crippen LogP contribution in [-0.4, -0.2) is 40.6 Å². The van der Waals surface area contributed by atoms with Crippen molar-refractivity contribution in [2.45, 2.75) is 31.7 Å². The molecule has 2 unspecified atom stereocenters. The summed E-state index contributed by atoms with van der Waals surface area (Å²) in [4.78, 5) is 2.91. The third-order valence-electron chi connectivity index (χ3n) is 3.93. The van der Waals surface area contributed by atoms with E-state index in [1.165, 1.54) is 11.3 Å². The van der Waals surface area contributed by atoms with Crippen molar-refractivity contribution in [3.05, 3.63) is 29.3 Å². The molecule has 1 heterocycles. The lowest BCUT2D eigenvalue weighted by atomic mass is 10.1. The van der Waals surface area contributed by atoms with Crippen LogP contribution in [-0.2, 0) is 6.54 Å². The molecule has 1 aromatic rings. The Bertz CT molecular complexity index is 493. The molecule has 0 amide bonds. The second-order valence-electron chi connectivity index (χ2n) is 5.19. The van der Waals surface area contributed by atoms with E-state index in [0.29, 0.717) is 16.3 Å². The Morgan fingerprint density at radius 2 is 2.25 bits per heavy atom. The highest BCUT2D eigenvalue weighted by Crippen LogP contribution is 2.27. The van der Waals surface area contributed by atoms with Gasteiger partial charge in [0.25, 0.3) is 0 Å². The van der Waals surface area contributed by atoms with Gasteiger partial charge in [-0.3, -0.25) is 4.90 Å². The van der Waals surface area contributed by atoms with Gasteiger partial charge in [0.2, 0.25) is 0 Å². The highest BCUT2D eigenvalue weighted by atomic mass is 32.2. The molecule has 1 aliphatic heterocycles. The van der Waals surface area contributed by atoms with Crippen LogP contribution in [0.2, 0.25) is 0 Å². The summed E-state index contributed by atoms with van der Waals surface area (Å²) in [6.07, 6.45) is 0. The average Bonchev–Trinajstić information content (AvgIpc) is 2.43. The lowest BCUT2D eigenvalue weighted by molar-refractivity contribution is 0.204. The largest absolute Gasteiger partial charge is 0.496 e. The zero-order chi connectivity index (χ0) is 14.7. The van der Waals surface area contributed by atoms with Crippen molar-refractivity contribution < 1.29 is 4.74 Å². The van der Waals surface area contributed by atoms with Crippen LogP contribution in [0.25, 0.3) is 0 Å². The van der Waals surface area contributed by atoms with Crippen molar-refractivity contribution in [3.63, 3.8) is 0 Å². The molecule has 3 nitrogen and oxygen atoms in total. The van der Waals surface area contributed by atoms with E-state index < -0.39 is 0 Å². The molecule has 0 spiro atoms. The van der Waals surface area contributed by atoms with E-state index in [9.17, 15) is 0 Å². The van der Waals surface area contributed by atoms with Gasteiger partial charge in [-0.15, -0.1) is 0 Å². The van der Waals surface area contributed by atoms with Crippen molar-refractivity contribution in [2.24, 2.45) is 5.73 Å². The number of hydrogen-bond acceptors (Lipinski definition) is 4. The van der Waals surface area contributed by atoms with Crippen molar-refractivity contribution in [1.29, 1.82) is 0 Å². The first-order valence-electron chi connectivity index (χ1n) is 6.85. The van der Waals surface area contributed by atoms with Crippen LogP contribution in [0.15, 0.2) is 18.2 Å². The SMILES string of the molecule is COc1ccc(CN2CCSC(C)C2C)cc1C(N)=S. The van der Waals surface area contributed by atoms with Gasteiger partial charge in [-0.05, 0) is 24.6 Å². The number of methoxy groups -OCH3 is 1. The van der Waals surface area contributed by atoms with Gasteiger partial charge in [0.15, 0.2) is 0 Å². The molecule has 0 bridgehead atoms. The molecule has 1 saturated heterocycles. The van der Waals surface area contributed by atoms with E-state index >= 15 is 0 Å². The molecule has 0 aliphatic carbocycles. The summed E-state index contributed by atoms with van der Waals surface area (Å²) >= 11 is 7.15. The number of ether oxygens (including phenoxy) is 1. The van der Waals surface area contributed by atoms with Crippen LogP contribution in [0.5, 0.6) is 5.75 Å². The molecule has 20 heavy (non-hydrogen) atoms. The van der Waals surface area contributed by atoms with Crippen LogP contribution in [0.4, 0.5) is 0 Å². The van der Waals surface area contributed by atoms with Gasteiger partial charge in [-0.25, -0.2) is 0 Å². The molecule has 2 atom stereocenters. The van der Waals surface area contributed by atoms with Gasteiger partial charge >= 0.3 is 0 Å². The molecule has 1 aromatic carbocycles. The Balaban J connectivity index is 2.17. The van der Waals surface area contributed by atoms with E-state index in [0.717, 1.165) is 24.4 Å². The van der Waals surface area contributed by atoms with Gasteiger partial charge in [-0.1, -0.05) is 25.2 Å². The molecule has 0 saturated carbocycles. The minimum Gasteiger partial charge on any atom is -0.496 e. The molecule has 5 heteroatoms. The van der Waals surface area contributed by atoms with Crippen molar-refractivity contribution in [2.75, 3.05) is 19.4 Å². The number of thioether (sulfide) groups is 1. The highest BCUT2D eigenvalue weighted by molar-refractivity contribution is 8.00. The first-order chi connectivity index (χ1) is 9.52. The lowest BCUT2D eigenvalue weighted by Gasteiger charge is -2.37.